The molecule has 478 valence electrons. The lowest BCUT2D eigenvalue weighted by Gasteiger charge is -2.49. The Balaban J connectivity index is 0.000000357. The normalized spacial score (nSPS) is 37.9. The summed E-state index contributed by atoms with van der Waals surface area (Å²) in [7, 11) is 8.78. The minimum absolute atomic E-state index is 0.0307. The van der Waals surface area contributed by atoms with Gasteiger partial charge in [-0.3, -0.25) is 9.59 Å². The lowest BCUT2D eigenvalue weighted by molar-refractivity contribution is -0.317. The molecule has 5 aliphatic rings. The zero-order valence-corrected chi connectivity index (χ0v) is 52.0. The third-order valence-electron chi connectivity index (χ3n) is 17.8. The van der Waals surface area contributed by atoms with Crippen LogP contribution in [0, 0.1) is 29.5 Å². The van der Waals surface area contributed by atoms with E-state index in [-0.39, 0.29) is 68.4 Å². The Morgan fingerprint density at radius 2 is 1.58 bits per heavy atom. The molecule has 6 heterocycles. The highest BCUT2D eigenvalue weighted by atomic mass is 19.1. The number of ether oxygens (including phenoxy) is 9. The second kappa shape index (κ2) is 28.8. The number of methoxy groups -OCH3 is 2. The predicted octanol–water partition coefficient (Wildman–Crippen LogP) is 3.75. The Morgan fingerprint density at radius 3 is 2.19 bits per heavy atom. The molecule has 7 rings (SSSR count). The summed E-state index contributed by atoms with van der Waals surface area (Å²) < 4.78 is 70.7. The lowest BCUT2D eigenvalue weighted by Crippen LogP contribution is -2.61. The maximum Gasteiger partial charge on any atom is 0.341 e. The van der Waals surface area contributed by atoms with Crippen LogP contribution in [0.15, 0.2) is 22.2 Å². The van der Waals surface area contributed by atoms with Gasteiger partial charge < -0.3 is 97.4 Å². The van der Waals surface area contributed by atoms with Crippen LogP contribution in [-0.4, -0.2) is 235 Å². The number of hydrogen-bond donors (Lipinski definition) is 6. The molecule has 4 saturated heterocycles. The Labute approximate surface area is 492 Å². The van der Waals surface area contributed by atoms with Crippen LogP contribution in [0.3, 0.4) is 0 Å². The number of nitrogens with zero attached hydrogens (tertiary/aromatic N) is 5. The SMILES string of the molecule is CC1COc2c(N3CCN(C)CC3)c(F)cc3c(=O)c(C(=O)O)cn1c23.CC[C@H]1OC(=O)[C@H](C)[C@@H](OC2CC(C)(OC)C(O)C(C)O2)[C@H](C)[C@@H](OC2OC(C)CC(N(C)C)C2O)[C@](C)(O)C[C@@H](C)/C(=N\OCOCCOC)[C@H](C)[C@@H](O)[C@]1(C)O. The van der Waals surface area contributed by atoms with Crippen LogP contribution in [0.25, 0.3) is 10.9 Å². The number of aliphatic hydroxyl groups excluding tert-OH is 3. The number of aromatic nitrogens is 1. The number of pyridine rings is 1. The average molecular weight is 1200 g/mol. The van der Waals surface area contributed by atoms with Gasteiger partial charge in [0.15, 0.2) is 24.1 Å². The van der Waals surface area contributed by atoms with Crippen molar-refractivity contribution in [3.8, 4) is 5.75 Å². The van der Waals surface area contributed by atoms with E-state index in [9.17, 15) is 49.4 Å². The number of carbonyl (C=O) groups is 2. The van der Waals surface area contributed by atoms with Crippen LogP contribution in [0.2, 0.25) is 0 Å². The average Bonchev–Trinajstić information content (AvgIpc) is 1.52. The summed E-state index contributed by atoms with van der Waals surface area (Å²) in [6, 6.07) is 0.666. The second-order valence-corrected chi connectivity index (χ2v) is 24.7. The molecular weight excluding hydrogens is 1100 g/mol. The summed E-state index contributed by atoms with van der Waals surface area (Å²) in [4.78, 5) is 49.9. The molecular formula is C59H96FN5O19. The quantitative estimate of drug-likeness (QED) is 0.0641. The van der Waals surface area contributed by atoms with Gasteiger partial charge in [-0.15, -0.1) is 0 Å². The number of aliphatic hydroxyl groups is 5. The highest BCUT2D eigenvalue weighted by Crippen LogP contribution is 2.44. The molecule has 2 aromatic rings. The molecule has 0 radical (unpaired) electrons. The minimum atomic E-state index is -1.97. The molecule has 6 N–H and O–H groups in total. The standard InChI is InChI=1S/C41H76N2O15.C18H20FN3O4/c1-15-29-41(10,49)34(45)24(4)31(42-53-21-52-17-16-50-13)22(2)19-39(8,48)36(58-38-32(44)28(43(11)12)18-23(3)54-38)25(5)33(26(6)37(47)56-29)57-30-20-40(9,51-14)35(46)27(7)55-30;1-10-9-26-17-14-11(16(23)12(18(24)25)8-22(10)14)7-13(19)15(17)21-5-3-20(2)4-6-21/h22-30,32-36,38,44-46,48-49H,15-21H2,1-14H3;7-8,10H,3-6,9H2,1-2H3,(H,24,25)/b42-31+;/t22-,23?,24+,25+,26-,27?,28?,29-,30?,32?,33+,34-,35?,36-,38?,39-,40?,41-;/m1./s1. The Morgan fingerprint density at radius 1 is 0.917 bits per heavy atom. The number of halogens is 1. The van der Waals surface area contributed by atoms with Crippen molar-refractivity contribution in [1.29, 1.82) is 0 Å². The summed E-state index contributed by atoms with van der Waals surface area (Å²) in [6.07, 6.45) is -8.15. The fraction of sp³-hybridized carbons (Fsp3) is 0.797. The number of esters is 1. The van der Waals surface area contributed by atoms with E-state index < -0.39 is 119 Å². The van der Waals surface area contributed by atoms with Gasteiger partial charge in [-0.25, -0.2) is 9.18 Å². The van der Waals surface area contributed by atoms with Crippen LogP contribution >= 0.6 is 0 Å². The van der Waals surface area contributed by atoms with Crippen molar-refractivity contribution in [1.82, 2.24) is 14.4 Å². The molecule has 25 heteroatoms. The number of carbonyl (C=O) groups excluding carboxylic acids is 1. The monoisotopic (exact) mass is 1200 g/mol. The third kappa shape index (κ3) is 15.2. The molecule has 5 aliphatic heterocycles. The molecule has 0 bridgehead atoms. The first-order chi connectivity index (χ1) is 39.3. The number of oxime groups is 1. The van der Waals surface area contributed by atoms with E-state index in [1.54, 1.807) is 60.1 Å². The fourth-order valence-corrected chi connectivity index (χ4v) is 12.6. The van der Waals surface area contributed by atoms with Crippen LogP contribution in [0.5, 0.6) is 5.75 Å². The van der Waals surface area contributed by atoms with Gasteiger partial charge in [0, 0.05) is 76.8 Å². The van der Waals surface area contributed by atoms with E-state index in [4.69, 9.17) is 47.5 Å². The molecule has 24 nitrogen and oxygen atoms in total. The van der Waals surface area contributed by atoms with Crippen molar-refractivity contribution < 1.29 is 92.1 Å². The lowest BCUT2D eigenvalue weighted by atomic mass is 9.73. The van der Waals surface area contributed by atoms with Crippen LogP contribution < -0.4 is 15.1 Å². The Kier molecular flexibility index (Phi) is 23.6. The van der Waals surface area contributed by atoms with Crippen molar-refractivity contribution in [3.63, 3.8) is 0 Å². The molecule has 0 aliphatic carbocycles. The number of rotatable bonds is 15. The Bertz CT molecular complexity index is 2620. The first kappa shape index (κ1) is 68.9. The van der Waals surface area contributed by atoms with Gasteiger partial charge in [-0.1, -0.05) is 32.9 Å². The van der Waals surface area contributed by atoms with Gasteiger partial charge >= 0.3 is 11.9 Å². The first-order valence-electron chi connectivity index (χ1n) is 29.4. The third-order valence-corrected chi connectivity index (χ3v) is 17.8. The number of carboxylic acids is 1. The molecule has 0 amide bonds. The van der Waals surface area contributed by atoms with Crippen LogP contribution in [-0.2, 0) is 47.5 Å². The van der Waals surface area contributed by atoms with Crippen molar-refractivity contribution in [3.05, 3.63) is 33.9 Å². The fourth-order valence-electron chi connectivity index (χ4n) is 12.6. The summed E-state index contributed by atoms with van der Waals surface area (Å²) in [5.41, 5.74) is -4.72. The van der Waals surface area contributed by atoms with E-state index in [1.807, 2.05) is 51.7 Å². The number of benzene rings is 1. The maximum atomic E-state index is 15.0. The molecule has 1 aromatic heterocycles. The van der Waals surface area contributed by atoms with Crippen molar-refractivity contribution in [2.24, 2.45) is 28.8 Å². The molecule has 84 heavy (non-hydrogen) atoms. The number of likely N-dealkylation sites (N-methyl/N-ethyl adjacent to an activating group) is 2. The number of aromatic carboxylic acids is 1. The molecule has 9 unspecified atom stereocenters. The zero-order chi connectivity index (χ0) is 62.5. The van der Waals surface area contributed by atoms with Gasteiger partial charge in [0.25, 0.3) is 0 Å². The van der Waals surface area contributed by atoms with E-state index in [2.05, 4.69) is 10.1 Å². The predicted molar refractivity (Wildman–Crippen MR) is 308 cm³/mol. The molecule has 19 atom stereocenters. The zero-order valence-electron chi connectivity index (χ0n) is 52.0. The second-order valence-electron chi connectivity index (χ2n) is 24.7. The minimum Gasteiger partial charge on any atom is -0.487 e. The molecule has 0 saturated carbocycles. The van der Waals surface area contributed by atoms with Crippen LogP contribution in [0.1, 0.15) is 118 Å². The number of cyclic esters (lactones) is 1. The van der Waals surface area contributed by atoms with Crippen molar-refractivity contribution in [2.45, 2.75) is 192 Å². The first-order valence-corrected chi connectivity index (χ1v) is 29.4. The summed E-state index contributed by atoms with van der Waals surface area (Å²) in [5, 5.41) is 72.9. The molecule has 1 aromatic carbocycles. The van der Waals surface area contributed by atoms with Gasteiger partial charge in [0.05, 0.1) is 83.5 Å². The Hall–Kier alpha value is -4.19. The van der Waals surface area contributed by atoms with E-state index in [1.165, 1.54) is 20.2 Å². The molecule has 4 fully saturated rings. The van der Waals surface area contributed by atoms with Crippen LogP contribution in [0.4, 0.5) is 10.1 Å². The number of piperazine rings is 1. The smallest absolute Gasteiger partial charge is 0.341 e. The number of hydrogen-bond acceptors (Lipinski definition) is 22. The summed E-state index contributed by atoms with van der Waals surface area (Å²) in [6.45, 7) is 22.4. The summed E-state index contributed by atoms with van der Waals surface area (Å²) >= 11 is 0. The van der Waals surface area contributed by atoms with Crippen molar-refractivity contribution in [2.75, 3.05) is 93.1 Å². The number of anilines is 1. The van der Waals surface area contributed by atoms with E-state index in [0.29, 0.717) is 48.8 Å². The maximum absolute atomic E-state index is 15.0. The van der Waals surface area contributed by atoms with Crippen molar-refractivity contribution >= 4 is 34.2 Å². The van der Waals surface area contributed by atoms with E-state index in [0.717, 1.165) is 19.2 Å². The van der Waals surface area contributed by atoms with E-state index >= 15 is 0 Å². The topological polar surface area (TPSA) is 292 Å². The van der Waals surface area contributed by atoms with Gasteiger partial charge in [-0.05, 0) is 94.9 Å². The largest absolute Gasteiger partial charge is 0.487 e. The van der Waals surface area contributed by atoms with Gasteiger partial charge in [0.1, 0.15) is 41.8 Å². The summed E-state index contributed by atoms with van der Waals surface area (Å²) in [5.74, 6) is -5.68. The highest BCUT2D eigenvalue weighted by Gasteiger charge is 2.54. The highest BCUT2D eigenvalue weighted by molar-refractivity contribution is 5.97. The molecule has 0 spiro atoms. The number of carboxylic acid groups (broad SMARTS) is 1. The van der Waals surface area contributed by atoms with Gasteiger partial charge in [-0.2, -0.15) is 0 Å². The van der Waals surface area contributed by atoms with Gasteiger partial charge in [0.2, 0.25) is 12.2 Å².